The summed E-state index contributed by atoms with van der Waals surface area (Å²) in [6, 6.07) is 8.77. The molecule has 126 valence electrons. The first-order valence-electron chi connectivity index (χ1n) is 7.71. The van der Waals surface area contributed by atoms with E-state index in [9.17, 15) is 10.2 Å². The Morgan fingerprint density at radius 3 is 2.71 bits per heavy atom. The monoisotopic (exact) mass is 390 g/mol. The molecule has 2 aromatic heterocycles. The maximum absolute atomic E-state index is 10.1. The smallest absolute Gasteiger partial charge is 0.172 e. The van der Waals surface area contributed by atoms with E-state index in [2.05, 4.69) is 31.3 Å². The van der Waals surface area contributed by atoms with E-state index in [1.807, 2.05) is 32.0 Å². The number of anilines is 1. The molecule has 3 rings (SSSR count). The van der Waals surface area contributed by atoms with E-state index < -0.39 is 0 Å². The highest BCUT2D eigenvalue weighted by Gasteiger charge is 2.17. The zero-order chi connectivity index (χ0) is 17.3. The lowest BCUT2D eigenvalue weighted by molar-refractivity contribution is 0.249. The molecule has 0 aliphatic carbocycles. The van der Waals surface area contributed by atoms with Gasteiger partial charge in [0.1, 0.15) is 11.6 Å². The number of hydrogen-bond acceptors (Lipinski definition) is 5. The Labute approximate surface area is 148 Å². The number of benzene rings is 1. The van der Waals surface area contributed by atoms with E-state index in [1.165, 1.54) is 0 Å². The average molecular weight is 391 g/mol. The number of rotatable bonds is 5. The molecule has 3 aromatic rings. The Hall–Kier alpha value is -2.12. The van der Waals surface area contributed by atoms with E-state index in [1.54, 1.807) is 22.8 Å². The first kappa shape index (κ1) is 16.7. The fourth-order valence-corrected chi connectivity index (χ4v) is 2.83. The maximum atomic E-state index is 10.1. The van der Waals surface area contributed by atoms with Crippen LogP contribution in [0.4, 0.5) is 5.82 Å². The lowest BCUT2D eigenvalue weighted by atomic mass is 10.1. The molecule has 0 fully saturated rings. The number of fused-ring (bicyclic) bond motifs is 1. The molecule has 1 atom stereocenters. The van der Waals surface area contributed by atoms with Crippen LogP contribution in [0.25, 0.3) is 16.9 Å². The summed E-state index contributed by atoms with van der Waals surface area (Å²) in [5, 5.41) is 27.4. The van der Waals surface area contributed by atoms with Crippen LogP contribution in [0.15, 0.2) is 41.0 Å². The lowest BCUT2D eigenvalue weighted by Crippen LogP contribution is -2.30. The summed E-state index contributed by atoms with van der Waals surface area (Å²) in [4.78, 5) is 4.60. The first-order chi connectivity index (χ1) is 11.5. The van der Waals surface area contributed by atoms with Gasteiger partial charge in [-0.05, 0) is 34.0 Å². The van der Waals surface area contributed by atoms with Crippen LogP contribution >= 0.6 is 15.9 Å². The molecular weight excluding hydrogens is 372 g/mol. The van der Waals surface area contributed by atoms with Crippen molar-refractivity contribution in [3.05, 3.63) is 41.0 Å². The van der Waals surface area contributed by atoms with Crippen molar-refractivity contribution >= 4 is 27.4 Å². The number of aliphatic hydroxyl groups is 1. The third kappa shape index (κ3) is 3.09. The largest absolute Gasteiger partial charge is 0.507 e. The highest BCUT2D eigenvalue weighted by Crippen LogP contribution is 2.31. The van der Waals surface area contributed by atoms with E-state index in [0.717, 1.165) is 4.47 Å². The van der Waals surface area contributed by atoms with Crippen LogP contribution in [0.3, 0.4) is 0 Å². The minimum atomic E-state index is -0.115. The molecule has 2 heterocycles. The highest BCUT2D eigenvalue weighted by atomic mass is 79.9. The minimum absolute atomic E-state index is 0.00976. The fourth-order valence-electron chi connectivity index (χ4n) is 2.48. The van der Waals surface area contributed by atoms with Crippen molar-refractivity contribution in [3.8, 4) is 17.0 Å². The number of aliphatic hydroxyl groups excluding tert-OH is 1. The van der Waals surface area contributed by atoms with Crippen molar-refractivity contribution in [2.45, 2.75) is 19.9 Å². The summed E-state index contributed by atoms with van der Waals surface area (Å²) in [6.07, 6.45) is 1.67. The van der Waals surface area contributed by atoms with Gasteiger partial charge < -0.3 is 15.5 Å². The molecule has 24 heavy (non-hydrogen) atoms. The van der Waals surface area contributed by atoms with Crippen molar-refractivity contribution in [1.29, 1.82) is 0 Å². The topological polar surface area (TPSA) is 82.7 Å². The molecule has 0 bridgehead atoms. The Balaban J connectivity index is 2.16. The van der Waals surface area contributed by atoms with Gasteiger partial charge in [-0.1, -0.05) is 26.0 Å². The van der Waals surface area contributed by atoms with Gasteiger partial charge in [0.25, 0.3) is 0 Å². The van der Waals surface area contributed by atoms with Gasteiger partial charge >= 0.3 is 0 Å². The zero-order valence-electron chi connectivity index (χ0n) is 13.4. The van der Waals surface area contributed by atoms with Crippen LogP contribution in [0.5, 0.6) is 5.75 Å². The van der Waals surface area contributed by atoms with Gasteiger partial charge in [-0.2, -0.15) is 9.61 Å². The van der Waals surface area contributed by atoms with E-state index in [-0.39, 0.29) is 24.3 Å². The molecule has 0 saturated heterocycles. The van der Waals surface area contributed by atoms with Crippen LogP contribution in [-0.2, 0) is 0 Å². The normalized spacial score (nSPS) is 12.7. The van der Waals surface area contributed by atoms with Gasteiger partial charge in [0.15, 0.2) is 5.65 Å². The SMILES string of the molecule is CC(C)C(CO)Nc1cc(-c2ccccc2O)nc2c(Br)cnn12. The van der Waals surface area contributed by atoms with Crippen molar-refractivity contribution in [2.75, 3.05) is 11.9 Å². The predicted molar refractivity (Wildman–Crippen MR) is 97.1 cm³/mol. The molecule has 0 aliphatic rings. The third-order valence-corrected chi connectivity index (χ3v) is 4.50. The van der Waals surface area contributed by atoms with Gasteiger partial charge in [-0.25, -0.2) is 4.98 Å². The molecule has 0 spiro atoms. The molecular formula is C17H19BrN4O2. The van der Waals surface area contributed by atoms with Crippen molar-refractivity contribution < 1.29 is 10.2 Å². The summed E-state index contributed by atoms with van der Waals surface area (Å²) in [7, 11) is 0. The standard InChI is InChI=1S/C17H19BrN4O2/c1-10(2)14(9-23)20-16-7-13(11-5-3-4-6-15(11)24)21-17-12(18)8-19-22(16)17/h3-8,10,14,20,23-24H,9H2,1-2H3. The molecule has 0 amide bonds. The minimum Gasteiger partial charge on any atom is -0.507 e. The Morgan fingerprint density at radius 1 is 1.29 bits per heavy atom. The number of hydrogen-bond donors (Lipinski definition) is 3. The molecule has 6 nitrogen and oxygen atoms in total. The predicted octanol–water partition coefficient (Wildman–Crippen LogP) is 3.29. The van der Waals surface area contributed by atoms with Crippen molar-refractivity contribution in [1.82, 2.24) is 14.6 Å². The quantitative estimate of drug-likeness (QED) is 0.622. The van der Waals surface area contributed by atoms with Crippen LogP contribution in [0.1, 0.15) is 13.8 Å². The summed E-state index contributed by atoms with van der Waals surface area (Å²) in [6.45, 7) is 4.08. The Morgan fingerprint density at radius 2 is 2.04 bits per heavy atom. The van der Waals surface area contributed by atoms with Crippen molar-refractivity contribution in [2.24, 2.45) is 5.92 Å². The van der Waals surface area contributed by atoms with Gasteiger partial charge in [-0.3, -0.25) is 0 Å². The van der Waals surface area contributed by atoms with Crippen LogP contribution in [-0.4, -0.2) is 37.5 Å². The lowest BCUT2D eigenvalue weighted by Gasteiger charge is -2.22. The first-order valence-corrected chi connectivity index (χ1v) is 8.50. The number of halogens is 1. The number of phenols is 1. The number of aromatic hydroxyl groups is 1. The Kier molecular flexibility index (Phi) is 4.73. The van der Waals surface area contributed by atoms with Crippen molar-refractivity contribution in [3.63, 3.8) is 0 Å². The number of para-hydroxylation sites is 1. The molecule has 0 radical (unpaired) electrons. The van der Waals surface area contributed by atoms with Crippen LogP contribution < -0.4 is 5.32 Å². The summed E-state index contributed by atoms with van der Waals surface area (Å²) in [5.41, 5.74) is 1.91. The molecule has 0 saturated carbocycles. The second-order valence-corrected chi connectivity index (χ2v) is 6.80. The van der Waals surface area contributed by atoms with E-state index in [0.29, 0.717) is 22.7 Å². The highest BCUT2D eigenvalue weighted by molar-refractivity contribution is 9.10. The molecule has 7 heteroatoms. The van der Waals surface area contributed by atoms with Gasteiger partial charge in [0.2, 0.25) is 0 Å². The molecule has 3 N–H and O–H groups in total. The second-order valence-electron chi connectivity index (χ2n) is 5.95. The molecule has 0 aliphatic heterocycles. The maximum Gasteiger partial charge on any atom is 0.172 e. The Bertz CT molecular complexity index is 863. The summed E-state index contributed by atoms with van der Waals surface area (Å²) >= 11 is 3.45. The average Bonchev–Trinajstić information content (AvgIpc) is 2.94. The molecule has 1 unspecified atom stereocenters. The fraction of sp³-hybridized carbons (Fsp3) is 0.294. The number of aromatic nitrogens is 3. The number of nitrogens with zero attached hydrogens (tertiary/aromatic N) is 3. The second kappa shape index (κ2) is 6.78. The van der Waals surface area contributed by atoms with E-state index in [4.69, 9.17) is 0 Å². The summed E-state index contributed by atoms with van der Waals surface area (Å²) < 4.78 is 2.44. The van der Waals surface area contributed by atoms with E-state index >= 15 is 0 Å². The number of nitrogens with one attached hydrogen (secondary N) is 1. The zero-order valence-corrected chi connectivity index (χ0v) is 15.0. The van der Waals surface area contributed by atoms with Gasteiger partial charge in [0, 0.05) is 11.6 Å². The van der Waals surface area contributed by atoms with Gasteiger partial charge in [0.05, 0.1) is 29.0 Å². The third-order valence-electron chi connectivity index (χ3n) is 3.94. The van der Waals surface area contributed by atoms with Crippen LogP contribution in [0.2, 0.25) is 0 Å². The van der Waals surface area contributed by atoms with Crippen LogP contribution in [0, 0.1) is 5.92 Å². The number of phenolic OH excluding ortho intramolecular Hbond substituents is 1. The molecule has 1 aromatic carbocycles. The van der Waals surface area contributed by atoms with Gasteiger partial charge in [-0.15, -0.1) is 0 Å². The summed E-state index contributed by atoms with van der Waals surface area (Å²) in [5.74, 6) is 1.11.